The summed E-state index contributed by atoms with van der Waals surface area (Å²) in [4.78, 5) is 50.2. The van der Waals surface area contributed by atoms with Crippen molar-refractivity contribution in [1.29, 1.82) is 0 Å². The van der Waals surface area contributed by atoms with Gasteiger partial charge in [-0.05, 0) is 24.0 Å². The monoisotopic (exact) mass is 372 g/mol. The highest BCUT2D eigenvalue weighted by Crippen LogP contribution is 2.29. The van der Waals surface area contributed by atoms with Crippen LogP contribution in [0.4, 0.5) is 0 Å². The van der Waals surface area contributed by atoms with Gasteiger partial charge in [0.15, 0.2) is 0 Å². The van der Waals surface area contributed by atoms with Gasteiger partial charge in [-0.1, -0.05) is 26.0 Å². The molecule has 2 aliphatic heterocycles. The Labute approximate surface area is 157 Å². The zero-order chi connectivity index (χ0) is 19.7. The van der Waals surface area contributed by atoms with Crippen LogP contribution in [0, 0.1) is 5.92 Å². The number of hydrogen-bond donors (Lipinski definition) is 3. The van der Waals surface area contributed by atoms with E-state index in [9.17, 15) is 19.2 Å². The minimum atomic E-state index is -0.953. The number of nitrogens with two attached hydrogens (primary N) is 1. The van der Waals surface area contributed by atoms with Gasteiger partial charge in [-0.2, -0.15) is 0 Å². The molecular formula is C19H24N4O4. The lowest BCUT2D eigenvalue weighted by Gasteiger charge is -2.27. The van der Waals surface area contributed by atoms with Crippen LogP contribution in [0.5, 0.6) is 0 Å². The van der Waals surface area contributed by atoms with Crippen LogP contribution in [0.2, 0.25) is 0 Å². The van der Waals surface area contributed by atoms with E-state index in [0.29, 0.717) is 30.1 Å². The lowest BCUT2D eigenvalue weighted by Crippen LogP contribution is -2.54. The number of benzene rings is 1. The highest BCUT2D eigenvalue weighted by atomic mass is 16.2. The maximum Gasteiger partial charge on any atom is 0.262 e. The molecule has 0 bridgehead atoms. The Balaban J connectivity index is 1.80. The minimum absolute atomic E-state index is 0.0148. The lowest BCUT2D eigenvalue weighted by molar-refractivity contribution is -0.136. The molecule has 0 aromatic heterocycles. The molecule has 1 aromatic carbocycles. The van der Waals surface area contributed by atoms with Crippen molar-refractivity contribution in [1.82, 2.24) is 15.5 Å². The van der Waals surface area contributed by atoms with Crippen LogP contribution in [-0.4, -0.2) is 47.2 Å². The van der Waals surface area contributed by atoms with Crippen molar-refractivity contribution >= 4 is 23.6 Å². The summed E-state index contributed by atoms with van der Waals surface area (Å²) in [6.07, 6.45) is 0.248. The molecule has 0 aliphatic carbocycles. The van der Waals surface area contributed by atoms with Crippen LogP contribution in [-0.2, 0) is 16.1 Å². The number of piperidine rings is 1. The first kappa shape index (κ1) is 19.2. The zero-order valence-electron chi connectivity index (χ0n) is 15.5. The molecule has 27 heavy (non-hydrogen) atoms. The number of imide groups is 2. The van der Waals surface area contributed by atoms with E-state index in [1.165, 1.54) is 0 Å². The maximum atomic E-state index is 12.9. The second kappa shape index (κ2) is 7.58. The summed E-state index contributed by atoms with van der Waals surface area (Å²) in [5, 5.41) is 5.42. The fourth-order valence-electron chi connectivity index (χ4n) is 3.34. The zero-order valence-corrected chi connectivity index (χ0v) is 15.5. The van der Waals surface area contributed by atoms with Gasteiger partial charge in [-0.15, -0.1) is 0 Å². The van der Waals surface area contributed by atoms with Crippen LogP contribution < -0.4 is 16.4 Å². The van der Waals surface area contributed by atoms with Gasteiger partial charge in [0.05, 0.1) is 11.1 Å². The van der Waals surface area contributed by atoms with E-state index in [0.717, 1.165) is 4.90 Å². The number of hydrogen-bond acceptors (Lipinski definition) is 6. The number of carbonyl (C=O) groups is 4. The van der Waals surface area contributed by atoms with Crippen LogP contribution >= 0.6 is 0 Å². The summed E-state index contributed by atoms with van der Waals surface area (Å²) < 4.78 is 0. The molecular weight excluding hydrogens is 348 g/mol. The number of nitrogens with one attached hydrogen (secondary N) is 2. The number of carbonyl (C=O) groups excluding carboxylic acids is 4. The van der Waals surface area contributed by atoms with E-state index in [4.69, 9.17) is 5.73 Å². The van der Waals surface area contributed by atoms with Gasteiger partial charge in [-0.25, -0.2) is 0 Å². The highest BCUT2D eigenvalue weighted by molar-refractivity contribution is 6.24. The summed E-state index contributed by atoms with van der Waals surface area (Å²) in [7, 11) is 0. The Hall–Kier alpha value is -2.58. The maximum absolute atomic E-state index is 12.9. The topological polar surface area (TPSA) is 122 Å². The molecule has 2 unspecified atom stereocenters. The van der Waals surface area contributed by atoms with Crippen molar-refractivity contribution < 1.29 is 19.2 Å². The van der Waals surface area contributed by atoms with Gasteiger partial charge < -0.3 is 11.1 Å². The fourth-order valence-corrected chi connectivity index (χ4v) is 3.34. The van der Waals surface area contributed by atoms with Crippen molar-refractivity contribution in [3.8, 4) is 0 Å². The Kier molecular flexibility index (Phi) is 5.38. The van der Waals surface area contributed by atoms with Crippen molar-refractivity contribution in [2.75, 3.05) is 6.54 Å². The molecule has 3 rings (SSSR count). The Morgan fingerprint density at radius 2 is 1.96 bits per heavy atom. The Bertz CT molecular complexity index is 805. The quantitative estimate of drug-likeness (QED) is 0.612. The minimum Gasteiger partial charge on any atom is -0.326 e. The number of nitrogens with zero attached hydrogens (tertiary/aromatic N) is 1. The van der Waals surface area contributed by atoms with E-state index >= 15 is 0 Å². The van der Waals surface area contributed by atoms with Gasteiger partial charge in [0.25, 0.3) is 11.8 Å². The van der Waals surface area contributed by atoms with Crippen LogP contribution in [0.25, 0.3) is 0 Å². The molecule has 0 spiro atoms. The molecule has 2 heterocycles. The van der Waals surface area contributed by atoms with Gasteiger partial charge in [-0.3, -0.25) is 29.4 Å². The number of rotatable bonds is 6. The van der Waals surface area contributed by atoms with Crippen LogP contribution in [0.15, 0.2) is 18.2 Å². The molecule has 4 amide bonds. The first-order chi connectivity index (χ1) is 12.8. The first-order valence-corrected chi connectivity index (χ1v) is 9.11. The smallest absolute Gasteiger partial charge is 0.262 e. The van der Waals surface area contributed by atoms with E-state index in [2.05, 4.69) is 10.6 Å². The van der Waals surface area contributed by atoms with Crippen LogP contribution in [0.1, 0.15) is 53.0 Å². The van der Waals surface area contributed by atoms with Gasteiger partial charge in [0.2, 0.25) is 11.8 Å². The molecule has 144 valence electrons. The van der Waals surface area contributed by atoms with Crippen LogP contribution in [0.3, 0.4) is 0 Å². The number of amides is 4. The fraction of sp³-hybridized carbons (Fsp3) is 0.474. The van der Waals surface area contributed by atoms with E-state index in [-0.39, 0.29) is 30.4 Å². The Morgan fingerprint density at radius 1 is 1.22 bits per heavy atom. The molecule has 0 saturated carbocycles. The summed E-state index contributed by atoms with van der Waals surface area (Å²) >= 11 is 0. The van der Waals surface area contributed by atoms with Gasteiger partial charge in [0.1, 0.15) is 6.04 Å². The third-order valence-corrected chi connectivity index (χ3v) is 5.11. The molecule has 4 N–H and O–H groups in total. The first-order valence-electron chi connectivity index (χ1n) is 9.11. The second-order valence-corrected chi connectivity index (χ2v) is 7.33. The van der Waals surface area contributed by atoms with Crippen molar-refractivity contribution in [3.05, 3.63) is 34.9 Å². The predicted octanol–water partition coefficient (Wildman–Crippen LogP) is 0.161. The van der Waals surface area contributed by atoms with Crippen molar-refractivity contribution in [2.24, 2.45) is 11.7 Å². The molecule has 1 aromatic rings. The van der Waals surface area contributed by atoms with Crippen molar-refractivity contribution in [3.63, 3.8) is 0 Å². The van der Waals surface area contributed by atoms with Gasteiger partial charge >= 0.3 is 0 Å². The third kappa shape index (κ3) is 3.63. The summed E-state index contributed by atoms with van der Waals surface area (Å²) in [5.74, 6) is -1.66. The molecule has 1 saturated heterocycles. The number of fused-ring (bicyclic) bond motifs is 1. The molecule has 8 nitrogen and oxygen atoms in total. The summed E-state index contributed by atoms with van der Waals surface area (Å²) in [5.41, 5.74) is 7.32. The normalized spacial score (nSPS) is 20.9. The second-order valence-electron chi connectivity index (χ2n) is 7.33. The molecule has 8 heteroatoms. The van der Waals surface area contributed by atoms with E-state index < -0.39 is 23.8 Å². The largest absolute Gasteiger partial charge is 0.326 e. The van der Waals surface area contributed by atoms with E-state index in [1.807, 2.05) is 13.8 Å². The van der Waals surface area contributed by atoms with Gasteiger partial charge in [0, 0.05) is 25.6 Å². The molecule has 0 radical (unpaired) electrons. The SMILES string of the molecule is CC(C)C(N)CNCc1cccc2c1C(=O)N(C1CCC(=O)NC1=O)C2=O. The standard InChI is InChI=1S/C19H24N4O4/c1-10(2)13(20)9-21-8-11-4-3-5-12-16(11)19(27)23(18(12)26)14-6-7-15(24)22-17(14)25/h3-5,10,13-14,21H,6-9,20H2,1-2H3,(H,22,24,25). The average Bonchev–Trinajstić information content (AvgIpc) is 2.87. The predicted molar refractivity (Wildman–Crippen MR) is 97.6 cm³/mol. The average molecular weight is 372 g/mol. The molecule has 2 atom stereocenters. The highest BCUT2D eigenvalue weighted by Gasteiger charge is 2.45. The lowest BCUT2D eigenvalue weighted by atomic mass is 10.0. The Morgan fingerprint density at radius 3 is 2.63 bits per heavy atom. The van der Waals surface area contributed by atoms with Crippen molar-refractivity contribution in [2.45, 2.75) is 45.3 Å². The van der Waals surface area contributed by atoms with E-state index in [1.54, 1.807) is 18.2 Å². The summed E-state index contributed by atoms with van der Waals surface area (Å²) in [6.45, 7) is 5.05. The third-order valence-electron chi connectivity index (χ3n) is 5.11. The molecule has 1 fully saturated rings. The molecule has 2 aliphatic rings. The summed E-state index contributed by atoms with van der Waals surface area (Å²) in [6, 6.07) is 4.12.